The van der Waals surface area contributed by atoms with Crippen LogP contribution >= 0.6 is 0 Å². The number of hydrogen-bond donors (Lipinski definition) is 2. The molecule has 0 radical (unpaired) electrons. The quantitative estimate of drug-likeness (QED) is 0.734. The zero-order chi connectivity index (χ0) is 11.3. The zero-order valence-corrected chi connectivity index (χ0v) is 9.12. The standard InChI is InChI=1S/C9H13NO4S/c1-14-6-7-15(12,13)10-8-4-2-3-5-9(8)11/h2-5,10-11H,6-7H2,1H3. The van der Waals surface area contributed by atoms with Gasteiger partial charge in [-0.15, -0.1) is 0 Å². The molecular weight excluding hydrogens is 218 g/mol. The van der Waals surface area contributed by atoms with E-state index in [0.29, 0.717) is 0 Å². The Morgan fingerprint density at radius 1 is 1.40 bits per heavy atom. The number of anilines is 1. The van der Waals surface area contributed by atoms with Crippen LogP contribution in [0.25, 0.3) is 0 Å². The third kappa shape index (κ3) is 3.77. The van der Waals surface area contributed by atoms with E-state index in [1.807, 2.05) is 0 Å². The number of phenolic OH excluding ortho intramolecular Hbond substituents is 1. The summed E-state index contributed by atoms with van der Waals surface area (Å²) in [6.45, 7) is 0.114. The van der Waals surface area contributed by atoms with Crippen LogP contribution in [-0.2, 0) is 14.8 Å². The molecule has 0 fully saturated rings. The van der Waals surface area contributed by atoms with Crippen LogP contribution in [0, 0.1) is 0 Å². The van der Waals surface area contributed by atoms with E-state index in [0.717, 1.165) is 0 Å². The Morgan fingerprint density at radius 2 is 2.07 bits per heavy atom. The molecule has 1 rings (SSSR count). The molecule has 6 heteroatoms. The number of rotatable bonds is 5. The average Bonchev–Trinajstić information content (AvgIpc) is 2.18. The average molecular weight is 231 g/mol. The van der Waals surface area contributed by atoms with Gasteiger partial charge in [0.1, 0.15) is 5.75 Å². The zero-order valence-electron chi connectivity index (χ0n) is 8.30. The van der Waals surface area contributed by atoms with E-state index in [1.54, 1.807) is 12.1 Å². The minimum absolute atomic E-state index is 0.0986. The first-order valence-corrected chi connectivity index (χ1v) is 5.98. The number of nitrogens with one attached hydrogen (secondary N) is 1. The van der Waals surface area contributed by atoms with Gasteiger partial charge in [-0.1, -0.05) is 12.1 Å². The van der Waals surface area contributed by atoms with E-state index in [4.69, 9.17) is 0 Å². The fraction of sp³-hybridized carbons (Fsp3) is 0.333. The van der Waals surface area contributed by atoms with Crippen molar-refractivity contribution in [1.82, 2.24) is 0 Å². The second kappa shape index (κ2) is 4.99. The van der Waals surface area contributed by atoms with Crippen LogP contribution in [0.15, 0.2) is 24.3 Å². The first kappa shape index (κ1) is 11.8. The number of sulfonamides is 1. The molecule has 0 spiro atoms. The van der Waals surface area contributed by atoms with Crippen molar-refractivity contribution in [3.8, 4) is 5.75 Å². The lowest BCUT2D eigenvalue weighted by Crippen LogP contribution is -2.19. The highest BCUT2D eigenvalue weighted by atomic mass is 32.2. The molecule has 0 amide bonds. The van der Waals surface area contributed by atoms with Crippen LogP contribution in [0.1, 0.15) is 0 Å². The van der Waals surface area contributed by atoms with E-state index in [9.17, 15) is 13.5 Å². The van der Waals surface area contributed by atoms with Gasteiger partial charge in [-0.2, -0.15) is 0 Å². The van der Waals surface area contributed by atoms with Crippen LogP contribution in [0.3, 0.4) is 0 Å². The summed E-state index contributed by atoms with van der Waals surface area (Å²) in [6.07, 6.45) is 0. The smallest absolute Gasteiger partial charge is 0.235 e. The molecule has 0 bridgehead atoms. The Morgan fingerprint density at radius 3 is 2.67 bits per heavy atom. The van der Waals surface area contributed by atoms with Crippen molar-refractivity contribution >= 4 is 15.7 Å². The van der Waals surface area contributed by atoms with Crippen molar-refractivity contribution < 1.29 is 18.3 Å². The van der Waals surface area contributed by atoms with E-state index < -0.39 is 10.0 Å². The van der Waals surface area contributed by atoms with Gasteiger partial charge in [0.15, 0.2) is 0 Å². The van der Waals surface area contributed by atoms with Crippen molar-refractivity contribution in [2.45, 2.75) is 0 Å². The van der Waals surface area contributed by atoms with Crippen molar-refractivity contribution in [2.75, 3.05) is 24.2 Å². The van der Waals surface area contributed by atoms with Gasteiger partial charge in [0, 0.05) is 7.11 Å². The van der Waals surface area contributed by atoms with Crippen LogP contribution in [0.5, 0.6) is 5.75 Å². The first-order chi connectivity index (χ1) is 7.05. The fourth-order valence-electron chi connectivity index (χ4n) is 0.972. The second-order valence-corrected chi connectivity index (χ2v) is 4.77. The maximum absolute atomic E-state index is 11.4. The van der Waals surface area contributed by atoms with Gasteiger partial charge in [0.2, 0.25) is 10.0 Å². The second-order valence-electron chi connectivity index (χ2n) is 2.93. The summed E-state index contributed by atoms with van der Waals surface area (Å²) in [4.78, 5) is 0. The lowest BCUT2D eigenvalue weighted by atomic mass is 10.3. The highest BCUT2D eigenvalue weighted by molar-refractivity contribution is 7.92. The van der Waals surface area contributed by atoms with Crippen LogP contribution in [0.4, 0.5) is 5.69 Å². The Kier molecular flexibility index (Phi) is 3.93. The molecule has 0 atom stereocenters. The minimum atomic E-state index is -3.45. The summed E-state index contributed by atoms with van der Waals surface area (Å²) >= 11 is 0. The van der Waals surface area contributed by atoms with E-state index in [-0.39, 0.29) is 23.8 Å². The highest BCUT2D eigenvalue weighted by Gasteiger charge is 2.11. The molecule has 5 nitrogen and oxygen atoms in total. The van der Waals surface area contributed by atoms with E-state index >= 15 is 0 Å². The molecule has 0 saturated carbocycles. The lowest BCUT2D eigenvalue weighted by molar-refractivity contribution is 0.217. The lowest BCUT2D eigenvalue weighted by Gasteiger charge is -2.08. The van der Waals surface area contributed by atoms with Gasteiger partial charge in [-0.05, 0) is 12.1 Å². The van der Waals surface area contributed by atoms with Crippen LogP contribution < -0.4 is 4.72 Å². The molecule has 0 aromatic heterocycles. The summed E-state index contributed by atoms with van der Waals surface area (Å²) in [5.41, 5.74) is 0.175. The highest BCUT2D eigenvalue weighted by Crippen LogP contribution is 2.22. The summed E-state index contributed by atoms with van der Waals surface area (Å²) in [7, 11) is -2.03. The third-order valence-corrected chi connectivity index (χ3v) is 2.96. The number of benzene rings is 1. The Hall–Kier alpha value is -1.27. The minimum Gasteiger partial charge on any atom is -0.506 e. The number of methoxy groups -OCH3 is 1. The maximum atomic E-state index is 11.4. The SMILES string of the molecule is COCCS(=O)(=O)Nc1ccccc1O. The summed E-state index contributed by atoms with van der Waals surface area (Å²) in [5, 5.41) is 9.34. The van der Waals surface area contributed by atoms with Gasteiger partial charge in [-0.25, -0.2) is 8.42 Å². The van der Waals surface area contributed by atoms with Gasteiger partial charge in [0.25, 0.3) is 0 Å². The number of hydrogen-bond acceptors (Lipinski definition) is 4. The number of para-hydroxylation sites is 2. The molecule has 0 unspecified atom stereocenters. The predicted octanol–water partition coefficient (Wildman–Crippen LogP) is 0.780. The fourth-order valence-corrected chi connectivity index (χ4v) is 1.97. The predicted molar refractivity (Wildman–Crippen MR) is 57.4 cm³/mol. The van der Waals surface area contributed by atoms with Gasteiger partial charge < -0.3 is 9.84 Å². The topological polar surface area (TPSA) is 75.6 Å². The Bertz CT molecular complexity index is 416. The maximum Gasteiger partial charge on any atom is 0.235 e. The normalized spacial score (nSPS) is 11.3. The Labute approximate surface area is 88.7 Å². The molecule has 1 aromatic carbocycles. The van der Waals surface area contributed by atoms with Crippen LogP contribution in [-0.4, -0.2) is 33.0 Å². The van der Waals surface area contributed by atoms with Crippen molar-refractivity contribution in [3.63, 3.8) is 0 Å². The molecule has 0 aliphatic heterocycles. The van der Waals surface area contributed by atoms with Gasteiger partial charge in [0.05, 0.1) is 18.0 Å². The molecule has 0 aliphatic rings. The molecule has 0 aliphatic carbocycles. The molecule has 0 saturated heterocycles. The Balaban J connectivity index is 2.74. The largest absolute Gasteiger partial charge is 0.506 e. The van der Waals surface area contributed by atoms with Crippen LogP contribution in [0.2, 0.25) is 0 Å². The molecule has 0 heterocycles. The molecule has 15 heavy (non-hydrogen) atoms. The third-order valence-electron chi connectivity index (χ3n) is 1.73. The number of ether oxygens (including phenoxy) is 1. The molecule has 84 valence electrons. The number of aromatic hydroxyl groups is 1. The summed E-state index contributed by atoms with van der Waals surface area (Å²) in [6, 6.07) is 6.14. The summed E-state index contributed by atoms with van der Waals surface area (Å²) < 4.78 is 29.7. The summed E-state index contributed by atoms with van der Waals surface area (Å²) in [5.74, 6) is -0.240. The monoisotopic (exact) mass is 231 g/mol. The van der Waals surface area contributed by atoms with E-state index in [2.05, 4.69) is 9.46 Å². The van der Waals surface area contributed by atoms with Gasteiger partial charge in [-0.3, -0.25) is 4.72 Å². The first-order valence-electron chi connectivity index (χ1n) is 4.32. The molecule has 1 aromatic rings. The van der Waals surface area contributed by atoms with Crippen molar-refractivity contribution in [1.29, 1.82) is 0 Å². The number of phenols is 1. The van der Waals surface area contributed by atoms with Crippen molar-refractivity contribution in [2.24, 2.45) is 0 Å². The molecular formula is C9H13NO4S. The van der Waals surface area contributed by atoms with Gasteiger partial charge >= 0.3 is 0 Å². The van der Waals surface area contributed by atoms with Crippen molar-refractivity contribution in [3.05, 3.63) is 24.3 Å². The molecule has 2 N–H and O–H groups in total. The van der Waals surface area contributed by atoms with E-state index in [1.165, 1.54) is 19.2 Å².